The molecule has 1 aliphatic rings. The first-order valence-corrected chi connectivity index (χ1v) is 11.0. The van der Waals surface area contributed by atoms with Gasteiger partial charge in [-0.1, -0.05) is 6.07 Å². The Hall–Kier alpha value is -3.72. The van der Waals surface area contributed by atoms with Crippen molar-refractivity contribution in [1.82, 2.24) is 25.3 Å². The zero-order valence-corrected chi connectivity index (χ0v) is 18.2. The number of carbonyl (C=O) groups excluding carboxylic acids is 1. The van der Waals surface area contributed by atoms with Gasteiger partial charge < -0.3 is 15.4 Å². The van der Waals surface area contributed by atoms with E-state index in [9.17, 15) is 9.18 Å². The zero-order valence-electron chi connectivity index (χ0n) is 18.2. The maximum Gasteiger partial charge on any atom is 0.276 e. The summed E-state index contributed by atoms with van der Waals surface area (Å²) >= 11 is 0. The van der Waals surface area contributed by atoms with Crippen molar-refractivity contribution in [2.45, 2.75) is 32.2 Å². The van der Waals surface area contributed by atoms with Crippen molar-refractivity contribution in [3.63, 3.8) is 0 Å². The highest BCUT2D eigenvalue weighted by Crippen LogP contribution is 2.28. The molecule has 0 spiro atoms. The molecule has 1 saturated heterocycles. The van der Waals surface area contributed by atoms with Crippen LogP contribution in [0, 0.1) is 0 Å². The molecule has 1 aliphatic heterocycles. The molecule has 170 valence electrons. The predicted molar refractivity (Wildman–Crippen MR) is 124 cm³/mol. The molecule has 8 nitrogen and oxygen atoms in total. The van der Waals surface area contributed by atoms with E-state index in [1.807, 2.05) is 29.1 Å². The number of ether oxygens (including phenoxy) is 1. The number of rotatable bonds is 6. The van der Waals surface area contributed by atoms with Gasteiger partial charge in [-0.3, -0.25) is 14.6 Å². The molecule has 1 atom stereocenters. The van der Waals surface area contributed by atoms with Crippen LogP contribution >= 0.6 is 0 Å². The number of halogens is 1. The Morgan fingerprint density at radius 1 is 1.18 bits per heavy atom. The van der Waals surface area contributed by atoms with Gasteiger partial charge in [0.2, 0.25) is 6.36 Å². The molecule has 9 heteroatoms. The number of anilines is 1. The van der Waals surface area contributed by atoms with Crippen molar-refractivity contribution in [1.29, 1.82) is 0 Å². The number of H-pyrrole nitrogens is 1. The van der Waals surface area contributed by atoms with Gasteiger partial charge in [-0.25, -0.2) is 4.39 Å². The van der Waals surface area contributed by atoms with Gasteiger partial charge in [-0.05, 0) is 67.9 Å². The van der Waals surface area contributed by atoms with Crippen LogP contribution in [-0.2, 0) is 0 Å². The number of amides is 1. The second kappa shape index (κ2) is 9.03. The SMILES string of the molecule is CC(F)Oc1ccc(NC(=O)c2n[nH]c3ccc(-c4cnn(C5CCNCC5)c4)cc23)cc1. The van der Waals surface area contributed by atoms with Gasteiger partial charge in [-0.15, -0.1) is 0 Å². The average molecular weight is 449 g/mol. The standard InChI is InChI=1S/C24H25FN6O2/c1-15(25)33-20-5-3-18(4-6-20)28-24(32)23-21-12-16(2-7-22(21)29-30-23)17-13-27-31(14-17)19-8-10-26-11-9-19/h2-7,12-15,19,26H,8-11H2,1H3,(H,28,32)(H,29,30). The Balaban J connectivity index is 1.36. The first-order valence-electron chi connectivity index (χ1n) is 11.0. The minimum Gasteiger partial charge on any atom is -0.461 e. The van der Waals surface area contributed by atoms with Crippen molar-refractivity contribution in [2.24, 2.45) is 0 Å². The van der Waals surface area contributed by atoms with Gasteiger partial charge in [0.05, 0.1) is 17.8 Å². The molecule has 0 aliphatic carbocycles. The minimum absolute atomic E-state index is 0.301. The zero-order chi connectivity index (χ0) is 22.8. The highest BCUT2D eigenvalue weighted by Gasteiger charge is 2.18. The number of benzene rings is 2. The number of aromatic nitrogens is 4. The number of hydrogen-bond donors (Lipinski definition) is 3. The fraction of sp³-hybridized carbons (Fsp3) is 0.292. The fourth-order valence-corrected chi connectivity index (χ4v) is 4.12. The summed E-state index contributed by atoms with van der Waals surface area (Å²) in [7, 11) is 0. The van der Waals surface area contributed by atoms with Gasteiger partial charge in [0.1, 0.15) is 5.75 Å². The molecule has 0 bridgehead atoms. The summed E-state index contributed by atoms with van der Waals surface area (Å²) in [5.41, 5.74) is 3.61. The lowest BCUT2D eigenvalue weighted by Crippen LogP contribution is -2.29. The molecule has 0 radical (unpaired) electrons. The first-order chi connectivity index (χ1) is 16.1. The lowest BCUT2D eigenvalue weighted by Gasteiger charge is -2.22. The average Bonchev–Trinajstić information content (AvgIpc) is 3.48. The van der Waals surface area contributed by atoms with Crippen LogP contribution in [0.2, 0.25) is 0 Å². The van der Waals surface area contributed by atoms with Gasteiger partial charge in [0.25, 0.3) is 5.91 Å². The minimum atomic E-state index is -1.40. The molecule has 0 saturated carbocycles. The number of carbonyl (C=O) groups is 1. The van der Waals surface area contributed by atoms with Crippen LogP contribution in [0.4, 0.5) is 10.1 Å². The third-order valence-corrected chi connectivity index (χ3v) is 5.81. The molecular weight excluding hydrogens is 423 g/mol. The predicted octanol–water partition coefficient (Wildman–Crippen LogP) is 4.30. The normalized spacial score (nSPS) is 15.5. The van der Waals surface area contributed by atoms with Crippen LogP contribution < -0.4 is 15.4 Å². The van der Waals surface area contributed by atoms with Gasteiger partial charge in [0, 0.05) is 29.8 Å². The molecule has 2 aromatic carbocycles. The number of alkyl halides is 1. The van der Waals surface area contributed by atoms with E-state index in [1.54, 1.807) is 24.3 Å². The van der Waals surface area contributed by atoms with Crippen LogP contribution in [0.5, 0.6) is 5.75 Å². The second-order valence-electron chi connectivity index (χ2n) is 8.16. The van der Waals surface area contributed by atoms with Crippen molar-refractivity contribution < 1.29 is 13.9 Å². The van der Waals surface area contributed by atoms with Crippen LogP contribution in [0.25, 0.3) is 22.0 Å². The lowest BCUT2D eigenvalue weighted by molar-refractivity contribution is 0.0860. The number of nitrogens with one attached hydrogen (secondary N) is 3. The molecule has 33 heavy (non-hydrogen) atoms. The Labute approximate surface area is 190 Å². The number of piperidine rings is 1. The van der Waals surface area contributed by atoms with E-state index >= 15 is 0 Å². The molecule has 4 aromatic rings. The molecule has 5 rings (SSSR count). The summed E-state index contributed by atoms with van der Waals surface area (Å²) in [5.74, 6) is 0.0548. The largest absolute Gasteiger partial charge is 0.461 e. The number of hydrogen-bond acceptors (Lipinski definition) is 5. The van der Waals surface area contributed by atoms with Crippen LogP contribution in [0.15, 0.2) is 54.9 Å². The summed E-state index contributed by atoms with van der Waals surface area (Å²) in [6.07, 6.45) is 4.66. The molecule has 3 N–H and O–H groups in total. The number of aromatic amines is 1. The highest BCUT2D eigenvalue weighted by atomic mass is 19.1. The second-order valence-corrected chi connectivity index (χ2v) is 8.16. The van der Waals surface area contributed by atoms with E-state index < -0.39 is 6.36 Å². The first kappa shape index (κ1) is 21.1. The smallest absolute Gasteiger partial charge is 0.276 e. The maximum absolute atomic E-state index is 13.0. The summed E-state index contributed by atoms with van der Waals surface area (Å²) in [5, 5.41) is 18.6. The third-order valence-electron chi connectivity index (χ3n) is 5.81. The summed E-state index contributed by atoms with van der Waals surface area (Å²) in [4.78, 5) is 12.9. The summed E-state index contributed by atoms with van der Waals surface area (Å²) in [6.45, 7) is 3.32. The van der Waals surface area contributed by atoms with E-state index in [4.69, 9.17) is 4.74 Å². The quantitative estimate of drug-likeness (QED) is 0.409. The topological polar surface area (TPSA) is 96.9 Å². The molecule has 1 fully saturated rings. The summed E-state index contributed by atoms with van der Waals surface area (Å²) in [6, 6.07) is 12.8. The maximum atomic E-state index is 13.0. The van der Waals surface area contributed by atoms with E-state index in [1.165, 1.54) is 6.92 Å². The monoisotopic (exact) mass is 448 g/mol. The summed E-state index contributed by atoms with van der Waals surface area (Å²) < 4.78 is 20.0. The highest BCUT2D eigenvalue weighted by molar-refractivity contribution is 6.11. The van der Waals surface area contributed by atoms with Crippen molar-refractivity contribution in [3.8, 4) is 16.9 Å². The molecule has 2 aromatic heterocycles. The van der Waals surface area contributed by atoms with E-state index in [0.29, 0.717) is 23.2 Å². The van der Waals surface area contributed by atoms with Gasteiger partial charge in [0.15, 0.2) is 5.69 Å². The van der Waals surface area contributed by atoms with E-state index in [2.05, 4.69) is 32.1 Å². The number of fused-ring (bicyclic) bond motifs is 1. The van der Waals surface area contributed by atoms with Crippen LogP contribution in [0.3, 0.4) is 0 Å². The Morgan fingerprint density at radius 3 is 2.73 bits per heavy atom. The lowest BCUT2D eigenvalue weighted by atomic mass is 10.1. The van der Waals surface area contributed by atoms with Gasteiger partial charge in [-0.2, -0.15) is 10.2 Å². The van der Waals surface area contributed by atoms with Crippen molar-refractivity contribution in [2.75, 3.05) is 18.4 Å². The molecular formula is C24H25FN6O2. The van der Waals surface area contributed by atoms with Crippen molar-refractivity contribution >= 4 is 22.5 Å². The molecule has 1 amide bonds. The van der Waals surface area contributed by atoms with Crippen LogP contribution in [-0.4, -0.2) is 45.3 Å². The van der Waals surface area contributed by atoms with E-state index in [-0.39, 0.29) is 5.91 Å². The third kappa shape index (κ3) is 4.58. The van der Waals surface area contributed by atoms with Gasteiger partial charge >= 0.3 is 0 Å². The van der Waals surface area contributed by atoms with Crippen LogP contribution in [0.1, 0.15) is 36.3 Å². The Morgan fingerprint density at radius 2 is 1.97 bits per heavy atom. The molecule has 1 unspecified atom stereocenters. The number of nitrogens with zero attached hydrogens (tertiary/aromatic N) is 3. The molecule has 3 heterocycles. The van der Waals surface area contributed by atoms with Crippen molar-refractivity contribution in [3.05, 3.63) is 60.6 Å². The van der Waals surface area contributed by atoms with E-state index in [0.717, 1.165) is 48.0 Å². The fourth-order valence-electron chi connectivity index (χ4n) is 4.12. The Bertz CT molecular complexity index is 1260. The Kier molecular flexibility index (Phi) is 5.78.